The van der Waals surface area contributed by atoms with E-state index in [-0.39, 0.29) is 0 Å². The fraction of sp³-hybridized carbons (Fsp3) is 0.727. The molecule has 0 bridgehead atoms. The molecule has 2 rings (SSSR count). The van der Waals surface area contributed by atoms with Crippen molar-refractivity contribution in [3.63, 3.8) is 0 Å². The van der Waals surface area contributed by atoms with Crippen molar-refractivity contribution in [1.29, 1.82) is 0 Å². The quantitative estimate of drug-likeness (QED) is 0.802. The summed E-state index contributed by atoms with van der Waals surface area (Å²) in [6.07, 6.45) is 5.82. The van der Waals surface area contributed by atoms with E-state index >= 15 is 0 Å². The Morgan fingerprint density at radius 2 is 2.43 bits per heavy atom. The first kappa shape index (κ1) is 9.71. The van der Waals surface area contributed by atoms with Crippen LogP contribution in [0, 0.1) is 12.8 Å². The maximum atomic E-state index is 5.40. The second-order valence-electron chi connectivity index (χ2n) is 4.24. The minimum atomic E-state index is 0.667. The first-order valence-electron chi connectivity index (χ1n) is 5.40. The maximum Gasteiger partial charge on any atom is 0.191 e. The van der Waals surface area contributed by atoms with Crippen LogP contribution < -0.4 is 5.32 Å². The minimum absolute atomic E-state index is 0.667. The molecule has 0 radical (unpaired) electrons. The van der Waals surface area contributed by atoms with Crippen LogP contribution in [0.25, 0.3) is 0 Å². The van der Waals surface area contributed by atoms with Gasteiger partial charge >= 0.3 is 0 Å². The van der Waals surface area contributed by atoms with Gasteiger partial charge in [0.15, 0.2) is 5.89 Å². The van der Waals surface area contributed by atoms with E-state index in [0.717, 1.165) is 24.1 Å². The number of nitrogens with zero attached hydrogens (tertiary/aromatic N) is 1. The van der Waals surface area contributed by atoms with Gasteiger partial charge in [-0.1, -0.05) is 13.3 Å². The lowest BCUT2D eigenvalue weighted by molar-refractivity contribution is 0.389. The van der Waals surface area contributed by atoms with Gasteiger partial charge < -0.3 is 9.73 Å². The SMILES string of the molecule is Cc1ncc(CNC2CCCC2C)o1. The third kappa shape index (κ3) is 2.15. The van der Waals surface area contributed by atoms with Gasteiger partial charge in [-0.25, -0.2) is 4.98 Å². The summed E-state index contributed by atoms with van der Waals surface area (Å²) in [6.45, 7) is 5.01. The second-order valence-corrected chi connectivity index (χ2v) is 4.24. The molecule has 1 heterocycles. The van der Waals surface area contributed by atoms with Crippen LogP contribution in [-0.2, 0) is 6.54 Å². The minimum Gasteiger partial charge on any atom is -0.445 e. The summed E-state index contributed by atoms with van der Waals surface area (Å²) in [4.78, 5) is 4.07. The van der Waals surface area contributed by atoms with Crippen LogP contribution in [0.4, 0.5) is 0 Å². The number of nitrogens with one attached hydrogen (secondary N) is 1. The average molecular weight is 194 g/mol. The Morgan fingerprint density at radius 1 is 1.57 bits per heavy atom. The van der Waals surface area contributed by atoms with Gasteiger partial charge in [-0.15, -0.1) is 0 Å². The number of rotatable bonds is 3. The number of oxazole rings is 1. The molecule has 0 aromatic carbocycles. The summed E-state index contributed by atoms with van der Waals surface area (Å²) in [6, 6.07) is 0.667. The third-order valence-electron chi connectivity index (χ3n) is 3.07. The Bertz CT molecular complexity index is 295. The van der Waals surface area contributed by atoms with Crippen molar-refractivity contribution in [1.82, 2.24) is 10.3 Å². The van der Waals surface area contributed by atoms with Gasteiger partial charge in [-0.2, -0.15) is 0 Å². The Morgan fingerprint density at radius 3 is 3.00 bits per heavy atom. The highest BCUT2D eigenvalue weighted by Crippen LogP contribution is 2.24. The van der Waals surface area contributed by atoms with Crippen molar-refractivity contribution in [3.05, 3.63) is 17.8 Å². The van der Waals surface area contributed by atoms with Crippen LogP contribution in [0.3, 0.4) is 0 Å². The van der Waals surface area contributed by atoms with Gasteiger partial charge in [-0.3, -0.25) is 0 Å². The zero-order chi connectivity index (χ0) is 9.97. The van der Waals surface area contributed by atoms with E-state index < -0.39 is 0 Å². The predicted octanol–water partition coefficient (Wildman–Crippen LogP) is 2.26. The van der Waals surface area contributed by atoms with E-state index in [1.807, 2.05) is 13.1 Å². The highest BCUT2D eigenvalue weighted by molar-refractivity contribution is 4.93. The van der Waals surface area contributed by atoms with Gasteiger partial charge in [0.2, 0.25) is 0 Å². The first-order chi connectivity index (χ1) is 6.75. The van der Waals surface area contributed by atoms with Gasteiger partial charge in [0.05, 0.1) is 12.7 Å². The summed E-state index contributed by atoms with van der Waals surface area (Å²) in [5.41, 5.74) is 0. The summed E-state index contributed by atoms with van der Waals surface area (Å²) in [5, 5.41) is 3.53. The van der Waals surface area contributed by atoms with Crippen LogP contribution >= 0.6 is 0 Å². The van der Waals surface area contributed by atoms with Crippen molar-refractivity contribution in [2.75, 3.05) is 0 Å². The van der Waals surface area contributed by atoms with Crippen molar-refractivity contribution >= 4 is 0 Å². The van der Waals surface area contributed by atoms with Crippen molar-refractivity contribution < 1.29 is 4.42 Å². The van der Waals surface area contributed by atoms with Gasteiger partial charge in [0.1, 0.15) is 5.76 Å². The van der Waals surface area contributed by atoms with E-state index in [2.05, 4.69) is 17.2 Å². The van der Waals surface area contributed by atoms with Gasteiger partial charge in [0.25, 0.3) is 0 Å². The number of hydrogen-bond acceptors (Lipinski definition) is 3. The highest BCUT2D eigenvalue weighted by atomic mass is 16.4. The van der Waals surface area contributed by atoms with Crippen molar-refractivity contribution in [3.8, 4) is 0 Å². The van der Waals surface area contributed by atoms with E-state index in [4.69, 9.17) is 4.42 Å². The largest absolute Gasteiger partial charge is 0.445 e. The highest BCUT2D eigenvalue weighted by Gasteiger charge is 2.22. The molecule has 0 spiro atoms. The van der Waals surface area contributed by atoms with Crippen LogP contribution in [0.2, 0.25) is 0 Å². The lowest BCUT2D eigenvalue weighted by Crippen LogP contribution is -2.30. The molecule has 1 aromatic heterocycles. The molecular weight excluding hydrogens is 176 g/mol. The molecule has 1 N–H and O–H groups in total. The lowest BCUT2D eigenvalue weighted by atomic mass is 10.1. The maximum absolute atomic E-state index is 5.40. The molecule has 14 heavy (non-hydrogen) atoms. The lowest BCUT2D eigenvalue weighted by Gasteiger charge is -2.15. The van der Waals surface area contributed by atoms with E-state index in [1.165, 1.54) is 19.3 Å². The van der Waals surface area contributed by atoms with Crippen LogP contribution in [0.15, 0.2) is 10.6 Å². The number of aryl methyl sites for hydroxylation is 1. The molecule has 0 amide bonds. The zero-order valence-electron chi connectivity index (χ0n) is 8.92. The standard InChI is InChI=1S/C11H18N2O/c1-8-4-3-5-11(8)13-7-10-6-12-9(2)14-10/h6,8,11,13H,3-5,7H2,1-2H3. The molecule has 0 aliphatic heterocycles. The van der Waals surface area contributed by atoms with Crippen LogP contribution in [-0.4, -0.2) is 11.0 Å². The monoisotopic (exact) mass is 194 g/mol. The van der Waals surface area contributed by atoms with Crippen LogP contribution in [0.5, 0.6) is 0 Å². The average Bonchev–Trinajstić information content (AvgIpc) is 2.72. The Kier molecular flexibility index (Phi) is 2.87. The molecular formula is C11H18N2O. The Labute approximate surface area is 84.9 Å². The summed E-state index contributed by atoms with van der Waals surface area (Å²) < 4.78 is 5.40. The molecule has 0 saturated heterocycles. The molecule has 1 aliphatic carbocycles. The molecule has 1 saturated carbocycles. The molecule has 3 heteroatoms. The first-order valence-corrected chi connectivity index (χ1v) is 5.40. The molecule has 3 nitrogen and oxygen atoms in total. The number of hydrogen-bond donors (Lipinski definition) is 1. The Balaban J connectivity index is 1.82. The van der Waals surface area contributed by atoms with E-state index in [0.29, 0.717) is 6.04 Å². The van der Waals surface area contributed by atoms with Crippen molar-refractivity contribution in [2.24, 2.45) is 5.92 Å². The van der Waals surface area contributed by atoms with Gasteiger partial charge in [-0.05, 0) is 18.8 Å². The topological polar surface area (TPSA) is 38.1 Å². The zero-order valence-corrected chi connectivity index (χ0v) is 8.92. The van der Waals surface area contributed by atoms with E-state index in [9.17, 15) is 0 Å². The Hall–Kier alpha value is -0.830. The summed E-state index contributed by atoms with van der Waals surface area (Å²) in [5.74, 6) is 2.50. The van der Waals surface area contributed by atoms with E-state index in [1.54, 1.807) is 0 Å². The fourth-order valence-electron chi connectivity index (χ4n) is 2.17. The normalized spacial score (nSPS) is 27.0. The van der Waals surface area contributed by atoms with Crippen molar-refractivity contribution in [2.45, 2.75) is 45.7 Å². The summed E-state index contributed by atoms with van der Waals surface area (Å²) >= 11 is 0. The molecule has 1 aromatic rings. The molecule has 2 atom stereocenters. The van der Waals surface area contributed by atoms with Gasteiger partial charge in [0, 0.05) is 13.0 Å². The molecule has 78 valence electrons. The summed E-state index contributed by atoms with van der Waals surface area (Å²) in [7, 11) is 0. The second kappa shape index (κ2) is 4.13. The molecule has 2 unspecified atom stereocenters. The molecule has 1 aliphatic rings. The predicted molar refractivity (Wildman–Crippen MR) is 54.9 cm³/mol. The fourth-order valence-corrected chi connectivity index (χ4v) is 2.17. The third-order valence-corrected chi connectivity index (χ3v) is 3.07. The van der Waals surface area contributed by atoms with Crippen LogP contribution in [0.1, 0.15) is 37.8 Å². The smallest absolute Gasteiger partial charge is 0.191 e. The molecule has 1 fully saturated rings. The number of aromatic nitrogens is 1.